The maximum atomic E-state index is 12.3. The molecule has 1 amide bonds. The van der Waals surface area contributed by atoms with E-state index < -0.39 is 0 Å². The summed E-state index contributed by atoms with van der Waals surface area (Å²) in [6.45, 7) is 4.45. The van der Waals surface area contributed by atoms with Crippen LogP contribution in [0.2, 0.25) is 0 Å². The molecule has 0 radical (unpaired) electrons. The van der Waals surface area contributed by atoms with E-state index in [1.54, 1.807) is 0 Å². The predicted molar refractivity (Wildman–Crippen MR) is 109 cm³/mol. The van der Waals surface area contributed by atoms with Gasteiger partial charge in [-0.3, -0.25) is 4.79 Å². The van der Waals surface area contributed by atoms with Gasteiger partial charge >= 0.3 is 0 Å². The first kappa shape index (κ1) is 19.4. The third kappa shape index (κ3) is 6.40. The summed E-state index contributed by atoms with van der Waals surface area (Å²) in [5.41, 5.74) is 2.08. The highest BCUT2D eigenvalue weighted by atomic mass is 16.5. The molecule has 2 aromatic rings. The number of hydrogen-bond acceptors (Lipinski definition) is 3. The van der Waals surface area contributed by atoms with E-state index in [0.29, 0.717) is 0 Å². The fraction of sp³-hybridized carbons (Fsp3) is 0.435. The van der Waals surface area contributed by atoms with Crippen molar-refractivity contribution in [3.05, 3.63) is 65.7 Å². The Hall–Kier alpha value is -2.33. The average molecular weight is 367 g/mol. The SMILES string of the molecule is O=C(c1ccc(OCCCCCNCc2ccccc2)cc1)N1CCCC1. The van der Waals surface area contributed by atoms with Crippen LogP contribution in [0.4, 0.5) is 0 Å². The molecule has 4 nitrogen and oxygen atoms in total. The highest BCUT2D eigenvalue weighted by molar-refractivity contribution is 5.94. The molecule has 0 saturated carbocycles. The van der Waals surface area contributed by atoms with Crippen LogP contribution in [0.1, 0.15) is 48.0 Å². The van der Waals surface area contributed by atoms with Crippen molar-refractivity contribution in [1.29, 1.82) is 0 Å². The third-order valence-corrected chi connectivity index (χ3v) is 4.93. The Morgan fingerprint density at radius 1 is 0.926 bits per heavy atom. The number of ether oxygens (including phenoxy) is 1. The van der Waals surface area contributed by atoms with Gasteiger partial charge in [-0.1, -0.05) is 30.3 Å². The van der Waals surface area contributed by atoms with Crippen LogP contribution in [0.5, 0.6) is 5.75 Å². The Morgan fingerprint density at radius 3 is 2.41 bits per heavy atom. The summed E-state index contributed by atoms with van der Waals surface area (Å²) in [7, 11) is 0. The van der Waals surface area contributed by atoms with Gasteiger partial charge < -0.3 is 15.0 Å². The van der Waals surface area contributed by atoms with Crippen LogP contribution in [-0.2, 0) is 6.54 Å². The van der Waals surface area contributed by atoms with Gasteiger partial charge in [-0.25, -0.2) is 0 Å². The molecule has 2 aromatic carbocycles. The van der Waals surface area contributed by atoms with Crippen molar-refractivity contribution in [3.63, 3.8) is 0 Å². The zero-order chi connectivity index (χ0) is 18.7. The molecule has 1 heterocycles. The van der Waals surface area contributed by atoms with E-state index >= 15 is 0 Å². The van der Waals surface area contributed by atoms with Crippen LogP contribution in [0.3, 0.4) is 0 Å². The minimum atomic E-state index is 0.141. The number of carbonyl (C=O) groups is 1. The molecule has 1 aliphatic heterocycles. The Kier molecular flexibility index (Phi) is 7.72. The second kappa shape index (κ2) is 10.7. The lowest BCUT2D eigenvalue weighted by Gasteiger charge is -2.15. The van der Waals surface area contributed by atoms with Crippen molar-refractivity contribution < 1.29 is 9.53 Å². The molecule has 0 aromatic heterocycles. The quantitative estimate of drug-likeness (QED) is 0.639. The number of hydrogen-bond donors (Lipinski definition) is 1. The fourth-order valence-corrected chi connectivity index (χ4v) is 3.34. The van der Waals surface area contributed by atoms with Gasteiger partial charge in [0.05, 0.1) is 6.61 Å². The number of rotatable bonds is 10. The smallest absolute Gasteiger partial charge is 0.253 e. The number of benzene rings is 2. The molecule has 144 valence electrons. The molecule has 4 heteroatoms. The molecule has 0 atom stereocenters. The Morgan fingerprint density at radius 2 is 1.67 bits per heavy atom. The van der Waals surface area contributed by atoms with E-state index in [1.807, 2.05) is 35.2 Å². The highest BCUT2D eigenvalue weighted by Crippen LogP contribution is 2.17. The van der Waals surface area contributed by atoms with E-state index in [2.05, 4.69) is 29.6 Å². The van der Waals surface area contributed by atoms with Gasteiger partial charge in [-0.05, 0) is 68.5 Å². The van der Waals surface area contributed by atoms with Crippen molar-refractivity contribution >= 4 is 5.91 Å². The van der Waals surface area contributed by atoms with Crippen LogP contribution in [0, 0.1) is 0 Å². The van der Waals surface area contributed by atoms with Gasteiger partial charge in [-0.2, -0.15) is 0 Å². The molecular formula is C23H30N2O2. The molecule has 1 saturated heterocycles. The average Bonchev–Trinajstić information content (AvgIpc) is 3.25. The number of amides is 1. The summed E-state index contributed by atoms with van der Waals surface area (Å²) in [4.78, 5) is 14.2. The van der Waals surface area contributed by atoms with Crippen molar-refractivity contribution in [2.24, 2.45) is 0 Å². The van der Waals surface area contributed by atoms with Crippen LogP contribution < -0.4 is 10.1 Å². The summed E-state index contributed by atoms with van der Waals surface area (Å²) >= 11 is 0. The normalized spacial score (nSPS) is 13.7. The first-order valence-electron chi connectivity index (χ1n) is 10.1. The lowest BCUT2D eigenvalue weighted by molar-refractivity contribution is 0.0793. The molecule has 1 aliphatic rings. The maximum absolute atomic E-state index is 12.3. The van der Waals surface area contributed by atoms with E-state index in [9.17, 15) is 4.79 Å². The minimum absolute atomic E-state index is 0.141. The van der Waals surface area contributed by atoms with Gasteiger partial charge in [0.25, 0.3) is 5.91 Å². The number of unbranched alkanes of at least 4 members (excludes halogenated alkanes) is 2. The third-order valence-electron chi connectivity index (χ3n) is 4.93. The minimum Gasteiger partial charge on any atom is -0.494 e. The Labute approximate surface area is 162 Å². The van der Waals surface area contributed by atoms with Crippen molar-refractivity contribution in [2.75, 3.05) is 26.2 Å². The maximum Gasteiger partial charge on any atom is 0.253 e. The Bertz CT molecular complexity index is 679. The number of carbonyl (C=O) groups excluding carboxylic acids is 1. The topological polar surface area (TPSA) is 41.6 Å². The molecule has 3 rings (SSSR count). The van der Waals surface area contributed by atoms with Gasteiger partial charge in [0.15, 0.2) is 0 Å². The van der Waals surface area contributed by atoms with E-state index in [0.717, 1.165) is 76.2 Å². The monoisotopic (exact) mass is 366 g/mol. The molecular weight excluding hydrogens is 336 g/mol. The largest absolute Gasteiger partial charge is 0.494 e. The molecule has 1 N–H and O–H groups in total. The predicted octanol–water partition coefficient (Wildman–Crippen LogP) is 4.26. The molecule has 0 aliphatic carbocycles. The van der Waals surface area contributed by atoms with Crippen molar-refractivity contribution in [2.45, 2.75) is 38.6 Å². The van der Waals surface area contributed by atoms with Crippen molar-refractivity contribution in [3.8, 4) is 5.75 Å². The fourth-order valence-electron chi connectivity index (χ4n) is 3.34. The molecule has 1 fully saturated rings. The number of nitrogens with zero attached hydrogens (tertiary/aromatic N) is 1. The van der Waals surface area contributed by atoms with Crippen LogP contribution in [0.15, 0.2) is 54.6 Å². The van der Waals surface area contributed by atoms with Gasteiger partial charge in [0.1, 0.15) is 5.75 Å². The second-order valence-corrected chi connectivity index (χ2v) is 7.10. The highest BCUT2D eigenvalue weighted by Gasteiger charge is 2.19. The standard InChI is InChI=1S/C23H30N2O2/c26-23(25-16-6-7-17-25)21-11-13-22(14-12-21)27-18-8-2-5-15-24-19-20-9-3-1-4-10-20/h1,3-4,9-14,24H,2,5-8,15-19H2. The lowest BCUT2D eigenvalue weighted by Crippen LogP contribution is -2.27. The number of nitrogens with one attached hydrogen (secondary N) is 1. The van der Waals surface area contributed by atoms with Crippen LogP contribution in [-0.4, -0.2) is 37.0 Å². The van der Waals surface area contributed by atoms with E-state index in [1.165, 1.54) is 5.56 Å². The second-order valence-electron chi connectivity index (χ2n) is 7.10. The summed E-state index contributed by atoms with van der Waals surface area (Å²) in [5, 5.41) is 3.47. The summed E-state index contributed by atoms with van der Waals surface area (Å²) in [6.07, 6.45) is 5.58. The Balaban J connectivity index is 1.25. The van der Waals surface area contributed by atoms with Crippen LogP contribution in [0.25, 0.3) is 0 Å². The molecule has 0 bridgehead atoms. The molecule has 0 spiro atoms. The number of likely N-dealkylation sites (tertiary alicyclic amines) is 1. The van der Waals surface area contributed by atoms with E-state index in [-0.39, 0.29) is 5.91 Å². The molecule has 0 unspecified atom stereocenters. The van der Waals surface area contributed by atoms with Gasteiger partial charge in [0, 0.05) is 25.2 Å². The van der Waals surface area contributed by atoms with Gasteiger partial charge in [0.2, 0.25) is 0 Å². The zero-order valence-electron chi connectivity index (χ0n) is 16.0. The van der Waals surface area contributed by atoms with Crippen molar-refractivity contribution in [1.82, 2.24) is 10.2 Å². The molecule has 27 heavy (non-hydrogen) atoms. The van der Waals surface area contributed by atoms with Crippen LogP contribution >= 0.6 is 0 Å². The lowest BCUT2D eigenvalue weighted by atomic mass is 10.2. The summed E-state index contributed by atoms with van der Waals surface area (Å²) in [5.74, 6) is 0.984. The summed E-state index contributed by atoms with van der Waals surface area (Å²) in [6, 6.07) is 18.0. The first-order valence-corrected chi connectivity index (χ1v) is 10.1. The zero-order valence-corrected chi connectivity index (χ0v) is 16.0. The van der Waals surface area contributed by atoms with Gasteiger partial charge in [-0.15, -0.1) is 0 Å². The first-order chi connectivity index (χ1) is 13.3. The van der Waals surface area contributed by atoms with E-state index in [4.69, 9.17) is 4.74 Å². The summed E-state index contributed by atoms with van der Waals surface area (Å²) < 4.78 is 5.80.